The highest BCUT2D eigenvalue weighted by Gasteiger charge is 2.14. The molecule has 0 fully saturated rings. The zero-order valence-corrected chi connectivity index (χ0v) is 12.1. The third-order valence-corrected chi connectivity index (χ3v) is 3.26. The van der Waals surface area contributed by atoms with Gasteiger partial charge in [-0.3, -0.25) is 10.1 Å². The number of carbonyl (C=O) groups excluding carboxylic acids is 1. The molecule has 2 rings (SSSR count). The van der Waals surface area contributed by atoms with Gasteiger partial charge in [-0.25, -0.2) is 4.68 Å². The Balaban J connectivity index is 2.22. The number of rotatable bonds is 5. The predicted octanol–water partition coefficient (Wildman–Crippen LogP) is 2.21. The number of benzene rings is 1. The Morgan fingerprint density at radius 2 is 2.15 bits per heavy atom. The summed E-state index contributed by atoms with van der Waals surface area (Å²) >= 11 is 0. The minimum absolute atomic E-state index is 0.176. The molecule has 2 aromatic rings. The monoisotopic (exact) mass is 273 g/mol. The first-order valence-electron chi connectivity index (χ1n) is 6.83. The summed E-state index contributed by atoms with van der Waals surface area (Å²) in [5, 5.41) is 14.1. The molecule has 0 aliphatic rings. The standard InChI is InChI=1S/C14H19N5O/c1-4-9-19-14(16-17-18-19)15-13(20)12-8-6-7-11(5-2)10(12)3/h6-8H,4-5,9H2,1-3H3,(H,15,16,18,20). The van der Waals surface area contributed by atoms with Crippen LogP contribution in [0.4, 0.5) is 5.95 Å². The van der Waals surface area contributed by atoms with Crippen LogP contribution in [0.25, 0.3) is 0 Å². The molecule has 1 amide bonds. The highest BCUT2D eigenvalue weighted by atomic mass is 16.1. The maximum Gasteiger partial charge on any atom is 0.258 e. The van der Waals surface area contributed by atoms with Gasteiger partial charge in [-0.05, 0) is 47.4 Å². The third kappa shape index (κ3) is 2.84. The van der Waals surface area contributed by atoms with Crippen LogP contribution in [0, 0.1) is 6.92 Å². The van der Waals surface area contributed by atoms with E-state index in [1.54, 1.807) is 4.68 Å². The number of nitrogens with one attached hydrogen (secondary N) is 1. The fraction of sp³-hybridized carbons (Fsp3) is 0.429. The summed E-state index contributed by atoms with van der Waals surface area (Å²) in [4.78, 5) is 12.3. The lowest BCUT2D eigenvalue weighted by molar-refractivity contribution is 0.102. The van der Waals surface area contributed by atoms with E-state index in [0.29, 0.717) is 18.1 Å². The van der Waals surface area contributed by atoms with Crippen molar-refractivity contribution in [1.29, 1.82) is 0 Å². The third-order valence-electron chi connectivity index (χ3n) is 3.26. The summed E-state index contributed by atoms with van der Waals surface area (Å²) in [5.41, 5.74) is 2.84. The van der Waals surface area contributed by atoms with Crippen molar-refractivity contribution in [3.63, 3.8) is 0 Å². The van der Waals surface area contributed by atoms with Crippen LogP contribution in [0.5, 0.6) is 0 Å². The van der Waals surface area contributed by atoms with E-state index in [4.69, 9.17) is 0 Å². The van der Waals surface area contributed by atoms with Gasteiger partial charge in [-0.1, -0.05) is 31.1 Å². The van der Waals surface area contributed by atoms with Crippen molar-refractivity contribution >= 4 is 11.9 Å². The van der Waals surface area contributed by atoms with Crippen molar-refractivity contribution in [1.82, 2.24) is 20.2 Å². The van der Waals surface area contributed by atoms with E-state index in [9.17, 15) is 4.79 Å². The predicted molar refractivity (Wildman–Crippen MR) is 76.6 cm³/mol. The first-order chi connectivity index (χ1) is 9.67. The summed E-state index contributed by atoms with van der Waals surface area (Å²) in [5.74, 6) is 0.211. The lowest BCUT2D eigenvalue weighted by atomic mass is 10.0. The minimum atomic E-state index is -0.176. The first kappa shape index (κ1) is 14.2. The molecule has 0 aliphatic carbocycles. The molecule has 0 aliphatic heterocycles. The summed E-state index contributed by atoms with van der Waals surface area (Å²) < 4.78 is 1.59. The Kier molecular flexibility index (Phi) is 4.45. The van der Waals surface area contributed by atoms with Gasteiger partial charge in [0, 0.05) is 12.1 Å². The second-order valence-electron chi connectivity index (χ2n) is 4.62. The normalized spacial score (nSPS) is 10.6. The maximum atomic E-state index is 12.3. The van der Waals surface area contributed by atoms with Crippen LogP contribution >= 0.6 is 0 Å². The summed E-state index contributed by atoms with van der Waals surface area (Å²) in [6, 6.07) is 5.75. The van der Waals surface area contributed by atoms with E-state index in [0.717, 1.165) is 18.4 Å². The number of amides is 1. The van der Waals surface area contributed by atoms with Gasteiger partial charge in [-0.2, -0.15) is 0 Å². The molecule has 0 saturated heterocycles. The van der Waals surface area contributed by atoms with Gasteiger partial charge in [0.1, 0.15) is 0 Å². The lowest BCUT2D eigenvalue weighted by Crippen LogP contribution is -2.18. The number of tetrazole rings is 1. The topological polar surface area (TPSA) is 72.7 Å². The van der Waals surface area contributed by atoms with Crippen molar-refractivity contribution in [2.45, 2.75) is 40.2 Å². The molecule has 6 heteroatoms. The molecule has 0 atom stereocenters. The second-order valence-corrected chi connectivity index (χ2v) is 4.62. The number of nitrogens with zero attached hydrogens (tertiary/aromatic N) is 4. The quantitative estimate of drug-likeness (QED) is 0.906. The Morgan fingerprint density at radius 3 is 2.85 bits per heavy atom. The van der Waals surface area contributed by atoms with Crippen LogP contribution < -0.4 is 5.32 Å². The smallest absolute Gasteiger partial charge is 0.258 e. The van der Waals surface area contributed by atoms with Gasteiger partial charge < -0.3 is 0 Å². The van der Waals surface area contributed by atoms with Gasteiger partial charge in [0.05, 0.1) is 0 Å². The fourth-order valence-electron chi connectivity index (χ4n) is 2.14. The van der Waals surface area contributed by atoms with Crippen LogP contribution in [0.15, 0.2) is 18.2 Å². The van der Waals surface area contributed by atoms with E-state index in [2.05, 4.69) is 27.8 Å². The molecular formula is C14H19N5O. The second kappa shape index (κ2) is 6.27. The van der Waals surface area contributed by atoms with Gasteiger partial charge >= 0.3 is 0 Å². The minimum Gasteiger partial charge on any atom is -0.289 e. The van der Waals surface area contributed by atoms with Crippen LogP contribution in [-0.4, -0.2) is 26.1 Å². The van der Waals surface area contributed by atoms with Crippen LogP contribution in [0.3, 0.4) is 0 Å². The molecule has 0 bridgehead atoms. The van der Waals surface area contributed by atoms with E-state index in [-0.39, 0.29) is 5.91 Å². The molecule has 0 saturated carbocycles. The number of aromatic nitrogens is 4. The molecule has 106 valence electrons. The van der Waals surface area contributed by atoms with E-state index in [1.807, 2.05) is 32.0 Å². The molecule has 1 heterocycles. The molecular weight excluding hydrogens is 254 g/mol. The summed E-state index contributed by atoms with van der Waals surface area (Å²) in [6.45, 7) is 6.74. The molecule has 0 spiro atoms. The van der Waals surface area contributed by atoms with Gasteiger partial charge in [0.15, 0.2) is 0 Å². The highest BCUT2D eigenvalue weighted by Crippen LogP contribution is 2.15. The van der Waals surface area contributed by atoms with Crippen molar-refractivity contribution < 1.29 is 4.79 Å². The molecule has 1 aromatic carbocycles. The number of anilines is 1. The average Bonchev–Trinajstić information content (AvgIpc) is 2.86. The number of hydrogen-bond acceptors (Lipinski definition) is 4. The van der Waals surface area contributed by atoms with Crippen molar-refractivity contribution in [2.24, 2.45) is 0 Å². The molecule has 20 heavy (non-hydrogen) atoms. The molecule has 6 nitrogen and oxygen atoms in total. The van der Waals surface area contributed by atoms with Crippen molar-refractivity contribution in [3.05, 3.63) is 34.9 Å². The van der Waals surface area contributed by atoms with Gasteiger partial charge in [-0.15, -0.1) is 0 Å². The van der Waals surface area contributed by atoms with E-state index >= 15 is 0 Å². The van der Waals surface area contributed by atoms with Crippen molar-refractivity contribution in [2.75, 3.05) is 5.32 Å². The first-order valence-corrected chi connectivity index (χ1v) is 6.83. The Morgan fingerprint density at radius 1 is 1.35 bits per heavy atom. The van der Waals surface area contributed by atoms with E-state index < -0.39 is 0 Å². The van der Waals surface area contributed by atoms with Crippen LogP contribution in [-0.2, 0) is 13.0 Å². The largest absolute Gasteiger partial charge is 0.289 e. The highest BCUT2D eigenvalue weighted by molar-refractivity contribution is 6.04. The number of carbonyl (C=O) groups is 1. The van der Waals surface area contributed by atoms with Crippen molar-refractivity contribution in [3.8, 4) is 0 Å². The van der Waals surface area contributed by atoms with Gasteiger partial charge in [0.2, 0.25) is 5.95 Å². The van der Waals surface area contributed by atoms with Crippen LogP contribution in [0.2, 0.25) is 0 Å². The van der Waals surface area contributed by atoms with Gasteiger partial charge in [0.25, 0.3) is 5.91 Å². The number of hydrogen-bond donors (Lipinski definition) is 1. The Hall–Kier alpha value is -2.24. The molecule has 0 unspecified atom stereocenters. The Labute approximate surface area is 118 Å². The Bertz CT molecular complexity index is 605. The maximum absolute atomic E-state index is 12.3. The summed E-state index contributed by atoms with van der Waals surface area (Å²) in [6.07, 6.45) is 1.80. The van der Waals surface area contributed by atoms with E-state index in [1.165, 1.54) is 5.56 Å². The molecule has 1 aromatic heterocycles. The van der Waals surface area contributed by atoms with Crippen LogP contribution in [0.1, 0.15) is 41.8 Å². The zero-order valence-electron chi connectivity index (χ0n) is 12.1. The summed E-state index contributed by atoms with van der Waals surface area (Å²) in [7, 11) is 0. The fourth-order valence-corrected chi connectivity index (χ4v) is 2.14. The number of aryl methyl sites for hydroxylation is 2. The molecule has 0 radical (unpaired) electrons. The SMILES string of the molecule is CCCn1nnnc1NC(=O)c1cccc(CC)c1C. The lowest BCUT2D eigenvalue weighted by Gasteiger charge is -2.10. The zero-order chi connectivity index (χ0) is 14.5. The average molecular weight is 273 g/mol. The molecule has 1 N–H and O–H groups in total.